The molecule has 10 nitrogen and oxygen atoms in total. The highest BCUT2D eigenvalue weighted by Crippen LogP contribution is 3.18. The number of alkyl halides is 3. The molecule has 16 heteroatoms. The molecule has 0 radical (unpaired) electrons. The van der Waals surface area contributed by atoms with Gasteiger partial charge in [-0.3, -0.25) is 19.2 Å². The van der Waals surface area contributed by atoms with Gasteiger partial charge in [0.1, 0.15) is 17.1 Å². The van der Waals surface area contributed by atoms with Crippen molar-refractivity contribution in [3.63, 3.8) is 0 Å². The Kier molecular flexibility index (Phi) is 5.66. The maximum absolute atomic E-state index is 12.8. The number of nitro groups is 1. The summed E-state index contributed by atoms with van der Waals surface area (Å²) < 4.78 is 83.9. The average molecular weight is 542 g/mol. The van der Waals surface area contributed by atoms with Crippen LogP contribution in [0.15, 0.2) is 36.4 Å². The van der Waals surface area contributed by atoms with Gasteiger partial charge in [-0.2, -0.15) is 13.2 Å². The van der Waals surface area contributed by atoms with Crippen LogP contribution in [0.1, 0.15) is 15.9 Å². The lowest BCUT2D eigenvalue weighted by atomic mass is 10.1. The van der Waals surface area contributed by atoms with Crippen molar-refractivity contribution in [3.05, 3.63) is 62.7 Å². The summed E-state index contributed by atoms with van der Waals surface area (Å²) in [5.41, 5.74) is -2.39. The average Bonchev–Trinajstić information content (AvgIpc) is 3.56. The number of hydrogen-bond acceptors (Lipinski definition) is 9. The van der Waals surface area contributed by atoms with Crippen LogP contribution in [0.3, 0.4) is 0 Å². The maximum Gasteiger partial charge on any atom is 0.416 e. The van der Waals surface area contributed by atoms with E-state index in [1.807, 2.05) is 0 Å². The van der Waals surface area contributed by atoms with Crippen LogP contribution in [0.5, 0.6) is 11.5 Å². The first kappa shape index (κ1) is 24.7. The number of nitrogens with zero attached hydrogens (tertiary/aromatic N) is 1. The standard InChI is InChI=1S/C18H13ClF3NO9P2/c1-29-33(27)16-18(33,34(16,28)30-2)32-15(24)11-8-10(4-5-13(11)23(25)26)31-14-6-3-9(7-12(14)19)17(20,21)22/h3-8,16H,1-2H3. The molecule has 0 aromatic heterocycles. The molecule has 2 atom stereocenters. The highest BCUT2D eigenvalue weighted by molar-refractivity contribution is 8.07. The van der Waals surface area contributed by atoms with Crippen molar-refractivity contribution in [2.75, 3.05) is 14.2 Å². The molecule has 0 spiro atoms. The van der Waals surface area contributed by atoms with E-state index in [9.17, 15) is 37.2 Å². The summed E-state index contributed by atoms with van der Waals surface area (Å²) in [6.07, 6.45) is -4.64. The number of rotatable bonds is 7. The predicted molar refractivity (Wildman–Crippen MR) is 111 cm³/mol. The van der Waals surface area contributed by atoms with Crippen molar-refractivity contribution in [2.24, 2.45) is 0 Å². The molecule has 182 valence electrons. The van der Waals surface area contributed by atoms with E-state index in [0.29, 0.717) is 12.1 Å². The largest absolute Gasteiger partial charge is 0.456 e. The van der Waals surface area contributed by atoms with Crippen LogP contribution in [0.25, 0.3) is 0 Å². The van der Waals surface area contributed by atoms with E-state index in [0.717, 1.165) is 38.5 Å². The highest BCUT2D eigenvalue weighted by atomic mass is 35.5. The number of fused-ring (bicyclic) bond motifs is 1. The molecule has 34 heavy (non-hydrogen) atoms. The van der Waals surface area contributed by atoms with E-state index in [1.165, 1.54) is 0 Å². The molecule has 0 saturated carbocycles. The number of halogens is 4. The Morgan fingerprint density at radius 2 is 1.74 bits per heavy atom. The monoisotopic (exact) mass is 541 g/mol. The molecular formula is C18H13ClF3NO9P2. The van der Waals surface area contributed by atoms with Crippen LogP contribution in [-0.2, 0) is 29.1 Å². The molecular weight excluding hydrogens is 529 g/mol. The van der Waals surface area contributed by atoms with E-state index in [-0.39, 0.29) is 11.5 Å². The van der Waals surface area contributed by atoms with Crippen molar-refractivity contribution in [2.45, 2.75) is 16.7 Å². The molecule has 2 heterocycles. The van der Waals surface area contributed by atoms with E-state index in [1.54, 1.807) is 0 Å². The summed E-state index contributed by atoms with van der Waals surface area (Å²) in [4.78, 5) is 23.3. The first-order valence-corrected chi connectivity index (χ1v) is 12.9. The van der Waals surface area contributed by atoms with Crippen LogP contribution in [-0.4, -0.2) is 35.6 Å². The van der Waals surface area contributed by atoms with E-state index in [4.69, 9.17) is 30.1 Å². The SMILES string of the molecule is COP1(=O)C2C1(OC(=O)c1cc(Oc3ccc(C(F)(F)F)cc3Cl)ccc1[N+](=O)[O-])P2(=O)OC. The molecule has 2 unspecified atom stereocenters. The molecule has 2 aliphatic rings. The van der Waals surface area contributed by atoms with Crippen LogP contribution < -0.4 is 4.74 Å². The van der Waals surface area contributed by atoms with E-state index >= 15 is 0 Å². The number of carbonyl (C=O) groups is 1. The second-order valence-corrected chi connectivity index (χ2v) is 13.8. The van der Waals surface area contributed by atoms with Gasteiger partial charge in [0.2, 0.25) is 0 Å². The fraction of sp³-hybridized carbons (Fsp3) is 0.278. The number of esters is 1. The molecule has 2 saturated heterocycles. The Hall–Kier alpha value is -2.43. The second kappa shape index (κ2) is 7.79. The number of carbonyl (C=O) groups excluding carboxylic acids is 1. The Bertz CT molecular complexity index is 1310. The first-order chi connectivity index (χ1) is 15.8. The number of ether oxygens (including phenoxy) is 2. The summed E-state index contributed by atoms with van der Waals surface area (Å²) >= 11 is 5.85. The fourth-order valence-electron chi connectivity index (χ4n) is 3.60. The second-order valence-electron chi connectivity index (χ2n) is 7.16. The highest BCUT2D eigenvalue weighted by Gasteiger charge is 3.11. The zero-order valence-electron chi connectivity index (χ0n) is 17.1. The van der Waals surface area contributed by atoms with Gasteiger partial charge in [-0.1, -0.05) is 11.6 Å². The summed E-state index contributed by atoms with van der Waals surface area (Å²) in [6, 6.07) is 5.14. The summed E-state index contributed by atoms with van der Waals surface area (Å²) in [5, 5.41) is 7.86. The van der Waals surface area contributed by atoms with Gasteiger partial charge < -0.3 is 18.5 Å². The Labute approximate surface area is 193 Å². The molecule has 2 aromatic carbocycles. The third kappa shape index (κ3) is 3.37. The van der Waals surface area contributed by atoms with Crippen LogP contribution in [0.4, 0.5) is 18.9 Å². The van der Waals surface area contributed by atoms with Gasteiger partial charge in [-0.05, 0) is 24.3 Å². The third-order valence-electron chi connectivity index (χ3n) is 5.40. The Balaban J connectivity index is 1.64. The summed E-state index contributed by atoms with van der Waals surface area (Å²) in [6.45, 7) is 0. The normalized spacial score (nSPS) is 29.2. The lowest BCUT2D eigenvalue weighted by molar-refractivity contribution is -0.385. The van der Waals surface area contributed by atoms with Gasteiger partial charge in [0.15, 0.2) is 5.40 Å². The number of nitro benzene ring substituents is 1. The van der Waals surface area contributed by atoms with Gasteiger partial charge in [-0.15, -0.1) is 0 Å². The maximum atomic E-state index is 12.8. The summed E-state index contributed by atoms with van der Waals surface area (Å²) in [7, 11) is -5.06. The quantitative estimate of drug-likeness (QED) is 0.177. The molecule has 0 amide bonds. The molecule has 2 aliphatic heterocycles. The van der Waals surface area contributed by atoms with Gasteiger partial charge in [0.05, 0.1) is 15.5 Å². The van der Waals surface area contributed by atoms with Crippen molar-refractivity contribution in [1.82, 2.24) is 0 Å². The third-order valence-corrected chi connectivity index (χ3v) is 14.6. The number of hydrogen-bond donors (Lipinski definition) is 0. The van der Waals surface area contributed by atoms with Crippen LogP contribution in [0.2, 0.25) is 5.02 Å². The molecule has 4 rings (SSSR count). The van der Waals surface area contributed by atoms with Crippen LogP contribution in [0, 0.1) is 10.1 Å². The first-order valence-electron chi connectivity index (χ1n) is 9.14. The molecule has 2 aromatic rings. The fourth-order valence-corrected chi connectivity index (χ4v) is 13.4. The van der Waals surface area contributed by atoms with Crippen molar-refractivity contribution in [1.29, 1.82) is 0 Å². The smallest absolute Gasteiger partial charge is 0.416 e. The zero-order valence-corrected chi connectivity index (χ0v) is 19.6. The van der Waals surface area contributed by atoms with Gasteiger partial charge in [0, 0.05) is 26.4 Å². The van der Waals surface area contributed by atoms with Crippen molar-refractivity contribution in [3.8, 4) is 11.5 Å². The van der Waals surface area contributed by atoms with Gasteiger partial charge in [-0.25, -0.2) is 4.79 Å². The predicted octanol–water partition coefficient (Wildman–Crippen LogP) is 6.07. The number of benzene rings is 2. The minimum Gasteiger partial charge on any atom is -0.456 e. The minimum absolute atomic E-state index is 0.204. The van der Waals surface area contributed by atoms with E-state index in [2.05, 4.69) is 0 Å². The van der Waals surface area contributed by atoms with Crippen LogP contribution >= 0.6 is 26.3 Å². The molecule has 0 aliphatic carbocycles. The van der Waals surface area contributed by atoms with Crippen molar-refractivity contribution >= 4 is 38.0 Å². The van der Waals surface area contributed by atoms with Crippen molar-refractivity contribution < 1.29 is 50.5 Å². The molecule has 0 N–H and O–H groups in total. The van der Waals surface area contributed by atoms with E-state index < -0.39 is 64.1 Å². The summed E-state index contributed by atoms with van der Waals surface area (Å²) in [5.74, 6) is -1.77. The van der Waals surface area contributed by atoms with Gasteiger partial charge >= 0.3 is 12.1 Å². The Morgan fingerprint density at radius 3 is 2.24 bits per heavy atom. The lowest BCUT2D eigenvalue weighted by Gasteiger charge is -2.17. The minimum atomic E-state index is -4.64. The van der Waals surface area contributed by atoms with Gasteiger partial charge in [0.25, 0.3) is 25.5 Å². The zero-order chi connectivity index (χ0) is 25.3. The lowest BCUT2D eigenvalue weighted by Crippen LogP contribution is -2.14. The topological polar surface area (TPSA) is 131 Å². The molecule has 0 bridgehead atoms. The molecule has 2 fully saturated rings. The Morgan fingerprint density at radius 1 is 1.12 bits per heavy atom.